The van der Waals surface area contributed by atoms with Crippen LogP contribution in [0.25, 0.3) is 0 Å². The SMILES string of the molecule is O=CC(Cc1ccccc1)NCCCCCCCCCCCCC(NC(=O)O)N[C@@H](Cc1ccccc1)C(=O)NC(=O)O. The molecule has 236 valence electrons. The molecule has 0 radical (unpaired) electrons. The molecule has 2 unspecified atom stereocenters. The molecule has 43 heavy (non-hydrogen) atoms. The number of benzene rings is 2. The summed E-state index contributed by atoms with van der Waals surface area (Å²) in [5.74, 6) is -0.724. The Morgan fingerprint density at radius 1 is 0.674 bits per heavy atom. The van der Waals surface area contributed by atoms with E-state index in [0.717, 1.165) is 75.3 Å². The molecule has 0 heterocycles. The second kappa shape index (κ2) is 21.9. The van der Waals surface area contributed by atoms with Crippen LogP contribution >= 0.6 is 0 Å². The summed E-state index contributed by atoms with van der Waals surface area (Å²) in [5, 5.41) is 28.9. The monoisotopic (exact) mass is 596 g/mol. The number of rotatable bonds is 23. The number of carboxylic acid groups (broad SMARTS) is 2. The van der Waals surface area contributed by atoms with Crippen LogP contribution in [0.3, 0.4) is 0 Å². The molecule has 2 aromatic carbocycles. The lowest BCUT2D eigenvalue weighted by Gasteiger charge is -2.25. The molecule has 2 rings (SSSR count). The molecule has 0 saturated carbocycles. The predicted molar refractivity (Wildman–Crippen MR) is 167 cm³/mol. The smallest absolute Gasteiger partial charge is 0.411 e. The van der Waals surface area contributed by atoms with Crippen LogP contribution in [-0.4, -0.2) is 59.4 Å². The van der Waals surface area contributed by atoms with Crippen molar-refractivity contribution in [2.75, 3.05) is 6.54 Å². The molecule has 0 saturated heterocycles. The fourth-order valence-electron chi connectivity index (χ4n) is 5.07. The largest absolute Gasteiger partial charge is 0.465 e. The van der Waals surface area contributed by atoms with E-state index >= 15 is 0 Å². The first-order valence-corrected chi connectivity index (χ1v) is 15.4. The molecule has 0 fully saturated rings. The zero-order chi connectivity index (χ0) is 31.1. The zero-order valence-corrected chi connectivity index (χ0v) is 25.0. The van der Waals surface area contributed by atoms with E-state index in [1.807, 2.05) is 66.0 Å². The van der Waals surface area contributed by atoms with Gasteiger partial charge in [-0.1, -0.05) is 118 Å². The van der Waals surface area contributed by atoms with Gasteiger partial charge in [0.25, 0.3) is 0 Å². The van der Waals surface area contributed by atoms with Gasteiger partial charge in [-0.15, -0.1) is 0 Å². The molecule has 3 atom stereocenters. The summed E-state index contributed by atoms with van der Waals surface area (Å²) in [6, 6.07) is 18.1. The van der Waals surface area contributed by atoms with E-state index in [1.54, 1.807) is 0 Å². The van der Waals surface area contributed by atoms with Crippen LogP contribution < -0.4 is 21.3 Å². The van der Waals surface area contributed by atoms with Crippen LogP contribution in [0.4, 0.5) is 9.59 Å². The van der Waals surface area contributed by atoms with Gasteiger partial charge in [0.2, 0.25) is 5.91 Å². The van der Waals surface area contributed by atoms with E-state index in [4.69, 9.17) is 5.11 Å². The Morgan fingerprint density at radius 3 is 1.70 bits per heavy atom. The van der Waals surface area contributed by atoms with Crippen molar-refractivity contribution in [3.05, 3.63) is 71.8 Å². The number of carbonyl (C=O) groups excluding carboxylic acids is 2. The summed E-state index contributed by atoms with van der Waals surface area (Å²) in [7, 11) is 0. The number of carbonyl (C=O) groups is 4. The Labute approximate surface area is 255 Å². The lowest BCUT2D eigenvalue weighted by atomic mass is 10.0. The van der Waals surface area contributed by atoms with Gasteiger partial charge in [0, 0.05) is 0 Å². The molecule has 0 aliphatic carbocycles. The molecule has 3 amide bonds. The van der Waals surface area contributed by atoms with Crippen molar-refractivity contribution in [2.24, 2.45) is 0 Å². The predicted octanol–water partition coefficient (Wildman–Crippen LogP) is 5.27. The maximum Gasteiger partial charge on any atom is 0.411 e. The van der Waals surface area contributed by atoms with E-state index < -0.39 is 30.3 Å². The van der Waals surface area contributed by atoms with Crippen molar-refractivity contribution in [1.82, 2.24) is 21.3 Å². The maximum atomic E-state index is 12.5. The lowest BCUT2D eigenvalue weighted by molar-refractivity contribution is -0.122. The van der Waals surface area contributed by atoms with Crippen LogP contribution in [0.1, 0.15) is 81.8 Å². The van der Waals surface area contributed by atoms with Gasteiger partial charge < -0.3 is 25.6 Å². The summed E-state index contributed by atoms with van der Waals surface area (Å²) in [5.41, 5.74) is 1.99. The van der Waals surface area contributed by atoms with Crippen molar-refractivity contribution < 1.29 is 29.4 Å². The Hall–Kier alpha value is -3.76. The van der Waals surface area contributed by atoms with Crippen molar-refractivity contribution in [1.29, 1.82) is 0 Å². The number of aldehydes is 1. The minimum Gasteiger partial charge on any atom is -0.465 e. The highest BCUT2D eigenvalue weighted by Gasteiger charge is 2.24. The van der Waals surface area contributed by atoms with E-state index in [0.29, 0.717) is 6.42 Å². The minimum atomic E-state index is -1.45. The average molecular weight is 597 g/mol. The van der Waals surface area contributed by atoms with E-state index in [9.17, 15) is 24.3 Å². The van der Waals surface area contributed by atoms with Crippen molar-refractivity contribution in [3.8, 4) is 0 Å². The zero-order valence-electron chi connectivity index (χ0n) is 25.0. The topological polar surface area (TPSA) is 157 Å². The highest BCUT2D eigenvalue weighted by atomic mass is 16.4. The van der Waals surface area contributed by atoms with Gasteiger partial charge >= 0.3 is 12.2 Å². The third-order valence-corrected chi connectivity index (χ3v) is 7.32. The fraction of sp³-hybridized carbons (Fsp3) is 0.515. The van der Waals surface area contributed by atoms with E-state index in [1.165, 1.54) is 19.3 Å². The quantitative estimate of drug-likeness (QED) is 0.0576. The van der Waals surface area contributed by atoms with Gasteiger partial charge in [-0.3, -0.25) is 15.4 Å². The average Bonchev–Trinajstić information content (AvgIpc) is 2.98. The van der Waals surface area contributed by atoms with Crippen LogP contribution in [0.2, 0.25) is 0 Å². The standard InChI is InChI=1S/C33H48N4O6/c38-25-28(23-26-17-11-9-12-18-26)34-22-16-8-6-4-2-1-3-5-7-15-21-30(36-32(40)41)35-29(31(39)37-33(42)43)24-27-19-13-10-14-20-27/h9-14,17-20,25,28-30,34-36H,1-8,15-16,21-24H2,(H,37,39)(H,40,41)(H,42,43)/t28?,29-,30?/m0/s1. The summed E-state index contributed by atoms with van der Waals surface area (Å²) in [4.78, 5) is 46.3. The molecule has 0 spiro atoms. The van der Waals surface area contributed by atoms with Crippen LogP contribution in [0, 0.1) is 0 Å². The van der Waals surface area contributed by atoms with Gasteiger partial charge in [0.05, 0.1) is 18.2 Å². The Balaban J connectivity index is 1.57. The molecule has 2 aromatic rings. The first-order valence-electron chi connectivity index (χ1n) is 15.4. The normalized spacial score (nSPS) is 13.0. The summed E-state index contributed by atoms with van der Waals surface area (Å²) < 4.78 is 0. The maximum absolute atomic E-state index is 12.5. The van der Waals surface area contributed by atoms with Gasteiger partial charge in [-0.05, 0) is 43.4 Å². The molecule has 0 bridgehead atoms. The lowest BCUT2D eigenvalue weighted by Crippen LogP contribution is -2.55. The second-order valence-corrected chi connectivity index (χ2v) is 10.9. The van der Waals surface area contributed by atoms with Crippen LogP contribution in [-0.2, 0) is 22.4 Å². The Kier molecular flexibility index (Phi) is 18.0. The van der Waals surface area contributed by atoms with Gasteiger partial charge in [0.15, 0.2) is 0 Å². The second-order valence-electron chi connectivity index (χ2n) is 10.9. The molecule has 10 nitrogen and oxygen atoms in total. The number of hydrogen-bond donors (Lipinski definition) is 6. The third kappa shape index (κ3) is 17.1. The van der Waals surface area contributed by atoms with Crippen LogP contribution in [0.15, 0.2) is 60.7 Å². The van der Waals surface area contributed by atoms with Crippen molar-refractivity contribution in [3.63, 3.8) is 0 Å². The molecular weight excluding hydrogens is 548 g/mol. The molecule has 10 heteroatoms. The first kappa shape index (κ1) is 35.4. The Morgan fingerprint density at radius 2 is 1.19 bits per heavy atom. The van der Waals surface area contributed by atoms with Crippen molar-refractivity contribution in [2.45, 2.75) is 102 Å². The Bertz CT molecular complexity index is 1070. The van der Waals surface area contributed by atoms with Crippen LogP contribution in [0.5, 0.6) is 0 Å². The number of hydrogen-bond acceptors (Lipinski definition) is 6. The molecule has 0 aromatic heterocycles. The van der Waals surface area contributed by atoms with E-state index in [2.05, 4.69) is 16.0 Å². The molecule has 0 aliphatic rings. The molecule has 6 N–H and O–H groups in total. The van der Waals surface area contributed by atoms with Gasteiger partial charge in [0.1, 0.15) is 6.29 Å². The van der Waals surface area contributed by atoms with Gasteiger partial charge in [-0.2, -0.15) is 0 Å². The van der Waals surface area contributed by atoms with Gasteiger partial charge in [-0.25, -0.2) is 9.59 Å². The number of unbranched alkanes of at least 4 members (excludes halogenated alkanes) is 9. The van der Waals surface area contributed by atoms with E-state index in [-0.39, 0.29) is 12.5 Å². The number of imide groups is 1. The van der Waals surface area contributed by atoms with Crippen molar-refractivity contribution >= 4 is 24.4 Å². The summed E-state index contributed by atoms with van der Waals surface area (Å²) in [6.45, 7) is 0.847. The summed E-state index contributed by atoms with van der Waals surface area (Å²) in [6.07, 6.45) is 9.88. The fourth-order valence-corrected chi connectivity index (χ4v) is 5.07. The first-order chi connectivity index (χ1) is 20.9. The minimum absolute atomic E-state index is 0.138. The molecular formula is C33H48N4O6. The number of amides is 3. The summed E-state index contributed by atoms with van der Waals surface area (Å²) >= 11 is 0. The third-order valence-electron chi connectivity index (χ3n) is 7.32. The highest BCUT2D eigenvalue weighted by molar-refractivity contribution is 5.94. The highest BCUT2D eigenvalue weighted by Crippen LogP contribution is 2.13. The number of nitrogens with one attached hydrogen (secondary N) is 4. The molecule has 0 aliphatic heterocycles.